The molecular weight excluding hydrogens is 288 g/mol. The number of carboxylic acids is 1. The van der Waals surface area contributed by atoms with Gasteiger partial charge in [0.05, 0.1) is 6.61 Å². The van der Waals surface area contributed by atoms with Crippen molar-refractivity contribution in [1.29, 1.82) is 0 Å². The number of carbonyl (C=O) groups is 3. The Morgan fingerprint density at radius 1 is 1.14 bits per heavy atom. The molecule has 0 bridgehead atoms. The van der Waals surface area contributed by atoms with Crippen molar-refractivity contribution in [3.8, 4) is 0 Å². The summed E-state index contributed by atoms with van der Waals surface area (Å²) in [6.07, 6.45) is 5.13. The van der Waals surface area contributed by atoms with E-state index in [1.54, 1.807) is 0 Å². The van der Waals surface area contributed by atoms with Crippen LogP contribution in [0.2, 0.25) is 0 Å². The predicted octanol–water partition coefficient (Wildman–Crippen LogP) is 2.85. The molecule has 0 saturated heterocycles. The molecule has 0 aromatic rings. The lowest BCUT2D eigenvalue weighted by atomic mass is 10.1. The van der Waals surface area contributed by atoms with Crippen LogP contribution >= 0.6 is 0 Å². The van der Waals surface area contributed by atoms with Gasteiger partial charge in [0, 0.05) is 18.9 Å². The quantitative estimate of drug-likeness (QED) is 0.319. The van der Waals surface area contributed by atoms with Gasteiger partial charge in [-0.3, -0.25) is 9.59 Å². The Morgan fingerprint density at radius 3 is 2.41 bits per heavy atom. The minimum atomic E-state index is -0.855. The monoisotopic (exact) mass is 314 g/mol. The van der Waals surface area contributed by atoms with E-state index in [2.05, 4.69) is 6.58 Å². The highest BCUT2D eigenvalue weighted by molar-refractivity contribution is 5.81. The number of carbonyl (C=O) groups excluding carboxylic acids is 2. The van der Waals surface area contributed by atoms with Gasteiger partial charge in [-0.25, -0.2) is 4.79 Å². The van der Waals surface area contributed by atoms with E-state index < -0.39 is 11.9 Å². The molecule has 0 rings (SSSR count). The molecule has 6 nitrogen and oxygen atoms in total. The molecule has 6 heteroatoms. The summed E-state index contributed by atoms with van der Waals surface area (Å²) in [7, 11) is 0. The van der Waals surface area contributed by atoms with E-state index in [9.17, 15) is 14.4 Å². The SMILES string of the molecule is C=CC(=O)OCCCC(CCC)OC(=O)CCCCC(=O)O. The van der Waals surface area contributed by atoms with Crippen LogP contribution in [0.25, 0.3) is 0 Å². The molecule has 0 heterocycles. The van der Waals surface area contributed by atoms with Crippen LogP contribution < -0.4 is 0 Å². The summed E-state index contributed by atoms with van der Waals surface area (Å²) in [6.45, 7) is 5.59. The first-order chi connectivity index (χ1) is 10.5. The number of hydrogen-bond acceptors (Lipinski definition) is 5. The zero-order valence-corrected chi connectivity index (χ0v) is 13.2. The average Bonchev–Trinajstić information content (AvgIpc) is 2.47. The number of esters is 2. The molecule has 0 aliphatic carbocycles. The van der Waals surface area contributed by atoms with E-state index in [0.29, 0.717) is 25.7 Å². The maximum Gasteiger partial charge on any atom is 0.330 e. The minimum absolute atomic E-state index is 0.0698. The second kappa shape index (κ2) is 12.9. The zero-order chi connectivity index (χ0) is 16.8. The fourth-order valence-corrected chi connectivity index (χ4v) is 1.92. The van der Waals surface area contributed by atoms with E-state index >= 15 is 0 Å². The van der Waals surface area contributed by atoms with Gasteiger partial charge in [0.2, 0.25) is 0 Å². The van der Waals surface area contributed by atoms with Gasteiger partial charge in [-0.2, -0.15) is 0 Å². The normalized spacial score (nSPS) is 11.5. The third-order valence-corrected chi connectivity index (χ3v) is 3.01. The van der Waals surface area contributed by atoms with Crippen molar-refractivity contribution in [3.63, 3.8) is 0 Å². The molecule has 0 aliphatic heterocycles. The van der Waals surface area contributed by atoms with Crippen molar-refractivity contribution < 1.29 is 29.0 Å². The van der Waals surface area contributed by atoms with E-state index in [1.165, 1.54) is 0 Å². The van der Waals surface area contributed by atoms with E-state index in [1.807, 2.05) is 6.92 Å². The molecular formula is C16H26O6. The second-order valence-electron chi connectivity index (χ2n) is 5.02. The summed E-state index contributed by atoms with van der Waals surface area (Å²) in [5.74, 6) is -1.61. The molecule has 126 valence electrons. The molecule has 22 heavy (non-hydrogen) atoms. The van der Waals surface area contributed by atoms with Crippen molar-refractivity contribution in [1.82, 2.24) is 0 Å². The molecule has 0 fully saturated rings. The summed E-state index contributed by atoms with van der Waals surface area (Å²) in [5, 5.41) is 8.51. The minimum Gasteiger partial charge on any atom is -0.481 e. The van der Waals surface area contributed by atoms with Crippen molar-refractivity contribution >= 4 is 17.9 Å². The Hall–Kier alpha value is -1.85. The van der Waals surface area contributed by atoms with Crippen molar-refractivity contribution in [2.75, 3.05) is 6.61 Å². The first kappa shape index (κ1) is 20.1. The number of rotatable bonds is 13. The summed E-state index contributed by atoms with van der Waals surface area (Å²) < 4.78 is 10.3. The molecule has 0 radical (unpaired) electrons. The van der Waals surface area contributed by atoms with Crippen LogP contribution in [0.3, 0.4) is 0 Å². The van der Waals surface area contributed by atoms with Crippen molar-refractivity contribution in [3.05, 3.63) is 12.7 Å². The summed E-state index contributed by atoms with van der Waals surface area (Å²) >= 11 is 0. The van der Waals surface area contributed by atoms with Crippen molar-refractivity contribution in [2.24, 2.45) is 0 Å². The van der Waals surface area contributed by atoms with Gasteiger partial charge in [0.1, 0.15) is 6.10 Å². The Balaban J connectivity index is 3.90. The van der Waals surface area contributed by atoms with Gasteiger partial charge in [0.15, 0.2) is 0 Å². The van der Waals surface area contributed by atoms with Gasteiger partial charge in [-0.15, -0.1) is 0 Å². The molecule has 0 aromatic heterocycles. The summed E-state index contributed by atoms with van der Waals surface area (Å²) in [4.78, 5) is 32.9. The first-order valence-corrected chi connectivity index (χ1v) is 7.70. The number of aliphatic carboxylic acids is 1. The van der Waals surface area contributed by atoms with Gasteiger partial charge in [-0.05, 0) is 32.1 Å². The van der Waals surface area contributed by atoms with Crippen LogP contribution in [-0.4, -0.2) is 35.7 Å². The molecule has 0 amide bonds. The molecule has 0 saturated carbocycles. The van der Waals surface area contributed by atoms with Crippen LogP contribution in [0.1, 0.15) is 58.3 Å². The van der Waals surface area contributed by atoms with Gasteiger partial charge < -0.3 is 14.6 Å². The van der Waals surface area contributed by atoms with E-state index in [4.69, 9.17) is 14.6 Å². The van der Waals surface area contributed by atoms with Crippen LogP contribution in [0.4, 0.5) is 0 Å². The standard InChI is InChI=1S/C16H26O6/c1-3-8-13(9-7-12-21-15(19)4-2)22-16(20)11-6-5-10-14(17)18/h4,13H,2-3,5-12H2,1H3,(H,17,18). The first-order valence-electron chi connectivity index (χ1n) is 7.70. The number of carboxylic acid groups (broad SMARTS) is 1. The topological polar surface area (TPSA) is 89.9 Å². The maximum absolute atomic E-state index is 11.7. The highest BCUT2D eigenvalue weighted by atomic mass is 16.5. The number of hydrogen-bond donors (Lipinski definition) is 1. The van der Waals surface area contributed by atoms with Crippen LogP contribution in [0, 0.1) is 0 Å². The van der Waals surface area contributed by atoms with Gasteiger partial charge in [0.25, 0.3) is 0 Å². The molecule has 0 spiro atoms. The molecule has 1 unspecified atom stereocenters. The molecule has 1 N–H and O–H groups in total. The third-order valence-electron chi connectivity index (χ3n) is 3.01. The second-order valence-corrected chi connectivity index (χ2v) is 5.02. The average molecular weight is 314 g/mol. The Labute approximate surface area is 131 Å². The maximum atomic E-state index is 11.7. The van der Waals surface area contributed by atoms with Gasteiger partial charge in [-0.1, -0.05) is 19.9 Å². The molecule has 0 aliphatic rings. The lowest BCUT2D eigenvalue weighted by Crippen LogP contribution is -2.19. The van der Waals surface area contributed by atoms with Crippen LogP contribution in [-0.2, 0) is 23.9 Å². The van der Waals surface area contributed by atoms with Crippen molar-refractivity contribution in [2.45, 2.75) is 64.4 Å². The smallest absolute Gasteiger partial charge is 0.330 e. The fraction of sp³-hybridized carbons (Fsp3) is 0.688. The van der Waals surface area contributed by atoms with Crippen LogP contribution in [0.15, 0.2) is 12.7 Å². The summed E-state index contributed by atoms with van der Waals surface area (Å²) in [6, 6.07) is 0. The van der Waals surface area contributed by atoms with E-state index in [0.717, 1.165) is 18.9 Å². The largest absolute Gasteiger partial charge is 0.481 e. The lowest BCUT2D eigenvalue weighted by molar-refractivity contribution is -0.151. The Kier molecular flexibility index (Phi) is 11.8. The van der Waals surface area contributed by atoms with Gasteiger partial charge >= 0.3 is 17.9 Å². The lowest BCUT2D eigenvalue weighted by Gasteiger charge is -2.17. The number of unbranched alkanes of at least 4 members (excludes halogenated alkanes) is 1. The Bertz CT molecular complexity index is 364. The highest BCUT2D eigenvalue weighted by Crippen LogP contribution is 2.12. The number of ether oxygens (including phenoxy) is 2. The third kappa shape index (κ3) is 11.9. The summed E-state index contributed by atoms with van der Waals surface area (Å²) in [5.41, 5.74) is 0. The Morgan fingerprint density at radius 2 is 1.82 bits per heavy atom. The molecule has 0 aromatic carbocycles. The highest BCUT2D eigenvalue weighted by Gasteiger charge is 2.14. The van der Waals surface area contributed by atoms with E-state index in [-0.39, 0.29) is 31.5 Å². The predicted molar refractivity (Wildman–Crippen MR) is 81.3 cm³/mol. The zero-order valence-electron chi connectivity index (χ0n) is 13.2. The van der Waals surface area contributed by atoms with Crippen LogP contribution in [0.5, 0.6) is 0 Å². The molecule has 1 atom stereocenters. The fourth-order valence-electron chi connectivity index (χ4n) is 1.92.